The lowest BCUT2D eigenvalue weighted by Crippen LogP contribution is -1.90. The predicted octanol–water partition coefficient (Wildman–Crippen LogP) is 2.33. The lowest BCUT2D eigenvalue weighted by Gasteiger charge is -1.79. The Labute approximate surface area is 134 Å². The lowest BCUT2D eigenvalue weighted by atomic mass is 10.4. The van der Waals surface area contributed by atoms with Gasteiger partial charge in [-0.25, -0.2) is 0 Å². The molecule has 0 aromatic rings. The van der Waals surface area contributed by atoms with Gasteiger partial charge in [-0.2, -0.15) is 0 Å². The summed E-state index contributed by atoms with van der Waals surface area (Å²) in [6.45, 7) is 10.3. The first-order valence-electron chi connectivity index (χ1n) is 7.17. The molecule has 7 heteroatoms. The van der Waals surface area contributed by atoms with Crippen molar-refractivity contribution >= 4 is 17.7 Å². The molecule has 0 aliphatic carbocycles. The number of hydrogen-bond donors (Lipinski definition) is 4. The van der Waals surface area contributed by atoms with E-state index in [1.54, 1.807) is 6.92 Å². The highest BCUT2D eigenvalue weighted by molar-refractivity contribution is 5.72. The van der Waals surface area contributed by atoms with Crippen LogP contribution in [0.4, 0.5) is 0 Å². The van der Waals surface area contributed by atoms with E-state index in [9.17, 15) is 9.59 Å². The number of hydrogen-bond acceptors (Lipinski definition) is 5. The Morgan fingerprint density at radius 2 is 1.09 bits per heavy atom. The van der Waals surface area contributed by atoms with Crippen molar-refractivity contribution in [2.45, 2.75) is 67.2 Å². The number of Topliss-reactive ketones (excluding diaryl/α,β-unsaturated/α-hetero) is 1. The Morgan fingerprint density at radius 1 is 0.818 bits per heavy atom. The van der Waals surface area contributed by atoms with Crippen LogP contribution < -0.4 is 0 Å². The highest BCUT2D eigenvalue weighted by Crippen LogP contribution is 1.82. The topological polar surface area (TPSA) is 132 Å². The van der Waals surface area contributed by atoms with Crippen LogP contribution in [-0.2, 0) is 14.4 Å². The largest absolute Gasteiger partial charge is 0.481 e. The Balaban J connectivity index is -0.0000000559. The number of carbonyl (C=O) groups is 3. The van der Waals surface area contributed by atoms with Crippen molar-refractivity contribution in [1.82, 2.24) is 0 Å². The van der Waals surface area contributed by atoms with E-state index in [0.29, 0.717) is 13.0 Å². The van der Waals surface area contributed by atoms with Gasteiger partial charge >= 0.3 is 5.97 Å². The van der Waals surface area contributed by atoms with Gasteiger partial charge in [-0.05, 0) is 33.6 Å². The molecule has 136 valence electrons. The van der Waals surface area contributed by atoms with Crippen molar-refractivity contribution in [2.24, 2.45) is 0 Å². The molecule has 0 aliphatic heterocycles. The summed E-state index contributed by atoms with van der Waals surface area (Å²) in [6, 6.07) is 0. The summed E-state index contributed by atoms with van der Waals surface area (Å²) < 4.78 is 0. The van der Waals surface area contributed by atoms with Gasteiger partial charge in [0.2, 0.25) is 0 Å². The molecule has 0 bridgehead atoms. The van der Waals surface area contributed by atoms with Crippen LogP contribution in [0, 0.1) is 0 Å². The first-order chi connectivity index (χ1) is 10.1. The molecule has 0 aliphatic rings. The van der Waals surface area contributed by atoms with Gasteiger partial charge in [0.25, 0.3) is 5.97 Å². The normalized spacial score (nSPS) is 7.27. The minimum Gasteiger partial charge on any atom is -0.481 e. The SMILES string of the molecule is CC(=O)O.CC(C)=O.CCCC(=O)O.CCCCO.CCO. The second kappa shape index (κ2) is 36.6. The highest BCUT2D eigenvalue weighted by atomic mass is 16.4. The number of unbranched alkanes of at least 4 members (excludes halogenated alkanes) is 1. The molecule has 0 aromatic carbocycles. The molecule has 0 saturated carbocycles. The maximum Gasteiger partial charge on any atom is 0.303 e. The third kappa shape index (κ3) is 457. The molecule has 4 N–H and O–H groups in total. The Hall–Kier alpha value is -1.47. The summed E-state index contributed by atoms with van der Waals surface area (Å²) in [5, 5.41) is 31.0. The molecule has 0 amide bonds. The second-order valence-electron chi connectivity index (χ2n) is 3.96. The van der Waals surface area contributed by atoms with E-state index in [1.807, 2.05) is 6.92 Å². The number of rotatable bonds is 4. The molecule has 7 nitrogen and oxygen atoms in total. The maximum absolute atomic E-state index is 9.60. The van der Waals surface area contributed by atoms with Gasteiger partial charge < -0.3 is 25.2 Å². The summed E-state index contributed by atoms with van der Waals surface area (Å²) in [7, 11) is 0. The zero-order valence-electron chi connectivity index (χ0n) is 14.8. The molecule has 0 rings (SSSR count). The summed E-state index contributed by atoms with van der Waals surface area (Å²) in [6.07, 6.45) is 3.06. The maximum atomic E-state index is 9.60. The van der Waals surface area contributed by atoms with Gasteiger partial charge in [-0.15, -0.1) is 0 Å². The first kappa shape index (κ1) is 32.5. The van der Waals surface area contributed by atoms with Crippen LogP contribution in [0.15, 0.2) is 0 Å². The number of aliphatic carboxylic acids is 2. The molecule has 0 radical (unpaired) electrons. The summed E-state index contributed by atoms with van der Waals surface area (Å²) in [5.41, 5.74) is 0. The zero-order valence-corrected chi connectivity index (χ0v) is 14.8. The van der Waals surface area contributed by atoms with Crippen molar-refractivity contribution in [3.63, 3.8) is 0 Å². The number of ketones is 1. The lowest BCUT2D eigenvalue weighted by molar-refractivity contribution is -0.137. The van der Waals surface area contributed by atoms with E-state index in [4.69, 9.17) is 25.2 Å². The second-order valence-corrected chi connectivity index (χ2v) is 3.96. The standard InChI is InChI=1S/C4H8O2.C4H10O.C3H6O.C2H4O2.C2H6O/c1-2-3-4(5)6;1-2-3-4-5;1-3(2)4;1-2(3)4;1-2-3/h2-3H2,1H3,(H,5,6);5H,2-4H2,1H3;1-2H3;1H3,(H,3,4);3H,2H2,1H3. The molecule has 0 saturated heterocycles. The van der Waals surface area contributed by atoms with Crippen LogP contribution in [-0.4, -0.2) is 51.4 Å². The smallest absolute Gasteiger partial charge is 0.303 e. The average molecular weight is 326 g/mol. The monoisotopic (exact) mass is 326 g/mol. The van der Waals surface area contributed by atoms with Gasteiger partial charge in [0.15, 0.2) is 0 Å². The zero-order chi connectivity index (χ0) is 19.0. The fourth-order valence-electron chi connectivity index (χ4n) is 0.372. The van der Waals surface area contributed by atoms with Gasteiger partial charge in [-0.1, -0.05) is 20.3 Å². The number of carboxylic acids is 2. The molecule has 22 heavy (non-hydrogen) atoms. The van der Waals surface area contributed by atoms with Crippen molar-refractivity contribution < 1.29 is 34.8 Å². The molecular formula is C15H34O7. The van der Waals surface area contributed by atoms with Gasteiger partial charge in [0, 0.05) is 26.6 Å². The molecule has 0 aromatic heterocycles. The first-order valence-corrected chi connectivity index (χ1v) is 7.17. The van der Waals surface area contributed by atoms with Crippen molar-refractivity contribution in [1.29, 1.82) is 0 Å². The predicted molar refractivity (Wildman–Crippen MR) is 87.0 cm³/mol. The number of carbonyl (C=O) groups excluding carboxylic acids is 1. The van der Waals surface area contributed by atoms with Crippen LogP contribution >= 0.6 is 0 Å². The molecule has 0 atom stereocenters. The van der Waals surface area contributed by atoms with Gasteiger partial charge in [0.05, 0.1) is 0 Å². The Morgan fingerprint density at radius 3 is 1.09 bits per heavy atom. The number of aliphatic hydroxyl groups excluding tert-OH is 2. The van der Waals surface area contributed by atoms with Crippen LogP contribution in [0.5, 0.6) is 0 Å². The van der Waals surface area contributed by atoms with Crippen molar-refractivity contribution in [2.75, 3.05) is 13.2 Å². The minimum atomic E-state index is -0.833. The number of carboxylic acid groups (broad SMARTS) is 2. The minimum absolute atomic E-state index is 0.167. The van der Waals surface area contributed by atoms with Crippen LogP contribution in [0.2, 0.25) is 0 Å². The van der Waals surface area contributed by atoms with E-state index in [0.717, 1.165) is 26.2 Å². The van der Waals surface area contributed by atoms with E-state index in [2.05, 4.69) is 6.92 Å². The molecule has 0 unspecified atom stereocenters. The van der Waals surface area contributed by atoms with E-state index in [1.165, 1.54) is 13.8 Å². The fraction of sp³-hybridized carbons (Fsp3) is 0.800. The third-order valence-electron chi connectivity index (χ3n) is 0.976. The quantitative estimate of drug-likeness (QED) is 0.623. The van der Waals surface area contributed by atoms with Gasteiger partial charge in [0.1, 0.15) is 5.78 Å². The van der Waals surface area contributed by atoms with Crippen LogP contribution in [0.25, 0.3) is 0 Å². The van der Waals surface area contributed by atoms with E-state index >= 15 is 0 Å². The molecule has 0 heterocycles. The Kier molecular flexibility index (Phi) is 54.1. The highest BCUT2D eigenvalue weighted by Gasteiger charge is 1.87. The molecular weight excluding hydrogens is 292 g/mol. The Bertz CT molecular complexity index is 206. The van der Waals surface area contributed by atoms with Crippen LogP contribution in [0.1, 0.15) is 67.2 Å². The molecule has 0 fully saturated rings. The average Bonchev–Trinajstić information content (AvgIpc) is 2.29. The fourth-order valence-corrected chi connectivity index (χ4v) is 0.372. The third-order valence-corrected chi connectivity index (χ3v) is 0.976. The molecule has 0 spiro atoms. The summed E-state index contributed by atoms with van der Waals surface area (Å²) in [5.74, 6) is -1.38. The number of aliphatic hydroxyl groups is 2. The van der Waals surface area contributed by atoms with Gasteiger partial charge in [-0.3, -0.25) is 9.59 Å². The summed E-state index contributed by atoms with van der Waals surface area (Å²) in [4.78, 5) is 28.0. The van der Waals surface area contributed by atoms with E-state index in [-0.39, 0.29) is 12.4 Å². The van der Waals surface area contributed by atoms with Crippen LogP contribution in [0.3, 0.4) is 0 Å². The van der Waals surface area contributed by atoms with E-state index < -0.39 is 11.9 Å². The van der Waals surface area contributed by atoms with Crippen molar-refractivity contribution in [3.05, 3.63) is 0 Å². The summed E-state index contributed by atoms with van der Waals surface area (Å²) >= 11 is 0. The van der Waals surface area contributed by atoms with Crippen molar-refractivity contribution in [3.8, 4) is 0 Å².